The zero-order valence-electron chi connectivity index (χ0n) is 15.1. The van der Waals surface area contributed by atoms with Crippen molar-refractivity contribution in [2.24, 2.45) is 34.5 Å². The Labute approximate surface area is 144 Å². The highest BCUT2D eigenvalue weighted by Crippen LogP contribution is 2.66. The Bertz CT molecular complexity index is 623. The molecular weight excluding hydrogens is 302 g/mol. The summed E-state index contributed by atoms with van der Waals surface area (Å²) in [6.45, 7) is 6.23. The minimum atomic E-state index is -0.973. The average Bonchev–Trinajstić information content (AvgIpc) is 2.87. The second kappa shape index (κ2) is 5.25. The lowest BCUT2D eigenvalue weighted by Gasteiger charge is -2.58. The van der Waals surface area contributed by atoms with Gasteiger partial charge in [0.1, 0.15) is 12.0 Å². The predicted molar refractivity (Wildman–Crippen MR) is 91.2 cm³/mol. The Balaban J connectivity index is 1.71. The van der Waals surface area contributed by atoms with Gasteiger partial charge in [0.2, 0.25) is 0 Å². The number of allylic oxidation sites excluding steroid dienone is 1. The second-order valence-corrected chi connectivity index (χ2v) is 9.35. The normalized spacial score (nSPS) is 50.6. The van der Waals surface area contributed by atoms with E-state index in [1.165, 1.54) is 0 Å². The van der Waals surface area contributed by atoms with Crippen LogP contribution in [0.15, 0.2) is 11.6 Å². The summed E-state index contributed by atoms with van der Waals surface area (Å²) in [4.78, 5) is 24.0. The molecule has 3 saturated carbocycles. The molecule has 132 valence electrons. The molecule has 3 unspecified atom stereocenters. The molecule has 0 aromatic carbocycles. The first-order valence-electron chi connectivity index (χ1n) is 9.67. The molecule has 4 rings (SSSR count). The van der Waals surface area contributed by atoms with Crippen LogP contribution in [0.25, 0.3) is 0 Å². The first-order chi connectivity index (χ1) is 11.3. The van der Waals surface area contributed by atoms with Gasteiger partial charge in [-0.1, -0.05) is 13.8 Å². The number of hydrogen-bond acceptors (Lipinski definition) is 2. The topological polar surface area (TPSA) is 34.1 Å². The van der Waals surface area contributed by atoms with Crippen molar-refractivity contribution in [2.75, 3.05) is 0 Å². The van der Waals surface area contributed by atoms with Gasteiger partial charge in [0, 0.05) is 12.3 Å². The van der Waals surface area contributed by atoms with Crippen molar-refractivity contribution >= 4 is 11.6 Å². The number of Topliss-reactive ketones (excluding diaryl/α,β-unsaturated/α-hetero) is 1. The summed E-state index contributed by atoms with van der Waals surface area (Å²) in [7, 11) is 0. The Kier molecular flexibility index (Phi) is 3.61. The van der Waals surface area contributed by atoms with Gasteiger partial charge in [-0.2, -0.15) is 0 Å². The molecule has 0 amide bonds. The maximum Gasteiger partial charge on any atom is 0.155 e. The largest absolute Gasteiger partial charge is 0.300 e. The Hall–Kier alpha value is -0.990. The number of halogens is 1. The van der Waals surface area contributed by atoms with Crippen molar-refractivity contribution in [3.05, 3.63) is 11.6 Å². The standard InChI is InChI=1S/C21H29FO2/c1-12(23)15-4-5-16-14-11-19(22)18-10-13(24)6-8-21(18,3)17(14)7-9-20(15,16)2/h10,14-17,19H,4-9,11H2,1-3H3/t14?,15-,16?,17?,19+,20-,21-/m1/s1/i22-1. The summed E-state index contributed by atoms with van der Waals surface area (Å²) in [6, 6.07) is 0. The van der Waals surface area contributed by atoms with Gasteiger partial charge in [-0.25, -0.2) is 4.39 Å². The zero-order chi connectivity index (χ0) is 17.3. The van der Waals surface area contributed by atoms with Gasteiger partial charge < -0.3 is 0 Å². The highest BCUT2D eigenvalue weighted by atomic mass is 18.2. The van der Waals surface area contributed by atoms with Crippen LogP contribution in [-0.2, 0) is 9.59 Å². The van der Waals surface area contributed by atoms with Crippen molar-refractivity contribution in [1.29, 1.82) is 0 Å². The number of fused-ring (bicyclic) bond motifs is 5. The van der Waals surface area contributed by atoms with Gasteiger partial charge in [0.25, 0.3) is 0 Å². The molecule has 0 aliphatic heterocycles. The number of rotatable bonds is 1. The van der Waals surface area contributed by atoms with Gasteiger partial charge in [0.15, 0.2) is 5.78 Å². The van der Waals surface area contributed by atoms with Crippen LogP contribution < -0.4 is 0 Å². The summed E-state index contributed by atoms with van der Waals surface area (Å²) in [5.74, 6) is 1.91. The van der Waals surface area contributed by atoms with Gasteiger partial charge in [-0.15, -0.1) is 0 Å². The fourth-order valence-electron chi connectivity index (χ4n) is 7.23. The molecule has 24 heavy (non-hydrogen) atoms. The third-order valence-electron chi connectivity index (χ3n) is 8.43. The second-order valence-electron chi connectivity index (χ2n) is 9.35. The molecule has 7 atom stereocenters. The third-order valence-corrected chi connectivity index (χ3v) is 8.43. The molecule has 0 radical (unpaired) electrons. The van der Waals surface area contributed by atoms with E-state index < -0.39 is 6.17 Å². The van der Waals surface area contributed by atoms with Crippen LogP contribution in [0.5, 0.6) is 0 Å². The molecule has 0 aromatic heterocycles. The fraction of sp³-hybridized carbons (Fsp3) is 0.810. The first-order valence-corrected chi connectivity index (χ1v) is 9.67. The van der Waals surface area contributed by atoms with Crippen molar-refractivity contribution in [3.8, 4) is 0 Å². The summed E-state index contributed by atoms with van der Waals surface area (Å²) in [5, 5.41) is 0. The van der Waals surface area contributed by atoms with Crippen LogP contribution in [0.4, 0.5) is 4.39 Å². The van der Waals surface area contributed by atoms with E-state index in [1.807, 2.05) is 0 Å². The molecule has 0 spiro atoms. The Morgan fingerprint density at radius 1 is 1.17 bits per heavy atom. The highest BCUT2D eigenvalue weighted by molar-refractivity contribution is 5.91. The molecule has 0 N–H and O–H groups in total. The van der Waals surface area contributed by atoms with Crippen molar-refractivity contribution in [1.82, 2.24) is 0 Å². The van der Waals surface area contributed by atoms with Crippen LogP contribution in [0.1, 0.15) is 65.7 Å². The minimum Gasteiger partial charge on any atom is -0.300 e. The summed E-state index contributed by atoms with van der Waals surface area (Å²) in [5.41, 5.74) is 0.699. The Morgan fingerprint density at radius 3 is 2.62 bits per heavy atom. The van der Waals surface area contributed by atoms with E-state index in [9.17, 15) is 9.59 Å². The number of carbonyl (C=O) groups is 2. The molecule has 3 heteroatoms. The van der Waals surface area contributed by atoms with Crippen LogP contribution in [0.2, 0.25) is 0 Å². The average molecular weight is 331 g/mol. The highest BCUT2D eigenvalue weighted by Gasteiger charge is 2.61. The monoisotopic (exact) mass is 331 g/mol. The quantitative estimate of drug-likeness (QED) is 0.699. The molecule has 0 bridgehead atoms. The van der Waals surface area contributed by atoms with Gasteiger partial charge in [-0.3, -0.25) is 9.59 Å². The molecule has 3 fully saturated rings. The molecule has 0 aromatic rings. The van der Waals surface area contributed by atoms with E-state index in [0.717, 1.165) is 37.7 Å². The lowest BCUT2D eigenvalue weighted by Crippen LogP contribution is -2.53. The SMILES string of the molecule is CC(=O)[C@H]1CCC2C3C[C@H]([18F])C4=CC(=O)CC[C@]4(C)C3CC[C@@]21C. The molecule has 4 aliphatic carbocycles. The number of carbonyl (C=O) groups excluding carboxylic acids is 2. The van der Waals surface area contributed by atoms with E-state index in [-0.39, 0.29) is 22.5 Å². The van der Waals surface area contributed by atoms with E-state index in [4.69, 9.17) is 0 Å². The third kappa shape index (κ3) is 2.05. The summed E-state index contributed by atoms with van der Waals surface area (Å²) in [6.07, 6.45) is 6.80. The molecule has 2 nitrogen and oxygen atoms in total. The number of ketones is 2. The molecule has 4 aliphatic rings. The van der Waals surface area contributed by atoms with Crippen molar-refractivity contribution in [3.63, 3.8) is 0 Å². The summed E-state index contributed by atoms with van der Waals surface area (Å²) < 4.78 is 15.1. The van der Waals surface area contributed by atoms with E-state index in [0.29, 0.717) is 36.4 Å². The van der Waals surface area contributed by atoms with Crippen LogP contribution >= 0.6 is 0 Å². The minimum absolute atomic E-state index is 0.0643. The van der Waals surface area contributed by atoms with E-state index in [2.05, 4.69) is 13.8 Å². The zero-order valence-corrected chi connectivity index (χ0v) is 15.1. The maximum atomic E-state index is 15.1. The van der Waals surface area contributed by atoms with Gasteiger partial charge >= 0.3 is 0 Å². The van der Waals surface area contributed by atoms with E-state index in [1.54, 1.807) is 13.0 Å². The van der Waals surface area contributed by atoms with E-state index >= 15 is 4.39 Å². The van der Waals surface area contributed by atoms with Gasteiger partial charge in [-0.05, 0) is 85.7 Å². The van der Waals surface area contributed by atoms with Gasteiger partial charge in [0.05, 0.1) is 0 Å². The van der Waals surface area contributed by atoms with Crippen LogP contribution in [-0.4, -0.2) is 17.7 Å². The fourth-order valence-corrected chi connectivity index (χ4v) is 7.23. The Morgan fingerprint density at radius 2 is 1.92 bits per heavy atom. The lowest BCUT2D eigenvalue weighted by molar-refractivity contribution is -0.129. The lowest BCUT2D eigenvalue weighted by atomic mass is 9.46. The number of hydrogen-bond donors (Lipinski definition) is 0. The summed E-state index contributed by atoms with van der Waals surface area (Å²) >= 11 is 0. The molecular formula is C21H29FO2. The van der Waals surface area contributed by atoms with Crippen molar-refractivity contribution in [2.45, 2.75) is 71.9 Å². The first kappa shape index (κ1) is 16.5. The van der Waals surface area contributed by atoms with Crippen LogP contribution in [0.3, 0.4) is 0 Å². The van der Waals surface area contributed by atoms with Crippen molar-refractivity contribution < 1.29 is 14.0 Å². The maximum absolute atomic E-state index is 15.1. The molecule has 0 heterocycles. The smallest absolute Gasteiger partial charge is 0.155 e. The molecule has 0 saturated heterocycles. The number of alkyl halides is 1. The predicted octanol–water partition coefficient (Wildman–Crippen LogP) is 4.67. The van der Waals surface area contributed by atoms with Crippen LogP contribution in [0, 0.1) is 34.5 Å².